The van der Waals surface area contributed by atoms with Gasteiger partial charge in [-0.25, -0.2) is 21.6 Å². The topological polar surface area (TPSA) is 72.5 Å². The number of hydrogen-bond donors (Lipinski definition) is 1. The summed E-state index contributed by atoms with van der Waals surface area (Å²) in [6.07, 6.45) is 0. The Balaban J connectivity index is 1.99. The van der Waals surface area contributed by atoms with Crippen LogP contribution >= 0.6 is 23.2 Å². The van der Waals surface area contributed by atoms with Gasteiger partial charge in [-0.05, 0) is 24.3 Å². The summed E-state index contributed by atoms with van der Waals surface area (Å²) in [5.74, 6) is -6.37. The van der Waals surface area contributed by atoms with Crippen LogP contribution in [0.3, 0.4) is 0 Å². The molecule has 0 aromatic heterocycles. The molecule has 1 N–H and O–H groups in total. The van der Waals surface area contributed by atoms with E-state index in [1.807, 2.05) is 0 Å². The van der Waals surface area contributed by atoms with Crippen molar-refractivity contribution in [3.8, 4) is 0 Å². The van der Waals surface area contributed by atoms with Crippen LogP contribution in [0.4, 0.5) is 13.2 Å². The van der Waals surface area contributed by atoms with E-state index >= 15 is 0 Å². The SMILES string of the molecule is O=C(CNS(=O)(=O)c1ccc(F)c(F)c1F)OCc1ccc(Cl)cc1Cl. The van der Waals surface area contributed by atoms with Crippen LogP contribution in [-0.2, 0) is 26.2 Å². The summed E-state index contributed by atoms with van der Waals surface area (Å²) in [5, 5.41) is 0.626. The van der Waals surface area contributed by atoms with Gasteiger partial charge in [0, 0.05) is 15.6 Å². The van der Waals surface area contributed by atoms with Gasteiger partial charge in [-0.15, -0.1) is 0 Å². The van der Waals surface area contributed by atoms with Crippen molar-refractivity contribution in [3.05, 3.63) is 63.4 Å². The maximum atomic E-state index is 13.6. The molecule has 0 bridgehead atoms. The van der Waals surface area contributed by atoms with Gasteiger partial charge in [0.25, 0.3) is 0 Å². The molecule has 0 aliphatic rings. The van der Waals surface area contributed by atoms with Crippen molar-refractivity contribution in [1.29, 1.82) is 0 Å². The minimum Gasteiger partial charge on any atom is -0.460 e. The Morgan fingerprint density at radius 1 is 1.08 bits per heavy atom. The standard InChI is InChI=1S/C15H10Cl2F3NO4S/c16-9-2-1-8(10(17)5-9)7-25-13(22)6-21-26(23,24)12-4-3-11(18)14(19)15(12)20/h1-5,21H,6-7H2. The molecule has 0 atom stereocenters. The van der Waals surface area contributed by atoms with Gasteiger partial charge < -0.3 is 4.74 Å². The Morgan fingerprint density at radius 3 is 2.42 bits per heavy atom. The minimum absolute atomic E-state index is 0.245. The first kappa shape index (κ1) is 20.5. The lowest BCUT2D eigenvalue weighted by molar-refractivity contribution is -0.143. The van der Waals surface area contributed by atoms with Gasteiger partial charge in [-0.2, -0.15) is 4.72 Å². The largest absolute Gasteiger partial charge is 0.460 e. The third kappa shape index (κ3) is 4.88. The molecule has 11 heteroatoms. The van der Waals surface area contributed by atoms with Crippen molar-refractivity contribution in [1.82, 2.24) is 4.72 Å². The molecular weight excluding hydrogens is 418 g/mol. The predicted molar refractivity (Wildman–Crippen MR) is 87.8 cm³/mol. The number of nitrogens with one attached hydrogen (secondary N) is 1. The van der Waals surface area contributed by atoms with Gasteiger partial charge in [0.15, 0.2) is 17.5 Å². The molecule has 0 heterocycles. The highest BCUT2D eigenvalue weighted by Gasteiger charge is 2.24. The van der Waals surface area contributed by atoms with Crippen LogP contribution in [0.25, 0.3) is 0 Å². The zero-order valence-corrected chi connectivity index (χ0v) is 15.1. The minimum atomic E-state index is -4.60. The second-order valence-electron chi connectivity index (χ2n) is 4.89. The Hall–Kier alpha value is -1.81. The van der Waals surface area contributed by atoms with E-state index in [0.717, 1.165) is 0 Å². The molecular formula is C15H10Cl2F3NO4S. The maximum Gasteiger partial charge on any atom is 0.321 e. The third-order valence-electron chi connectivity index (χ3n) is 3.10. The molecule has 140 valence electrons. The fraction of sp³-hybridized carbons (Fsp3) is 0.133. The second kappa shape index (κ2) is 8.26. The highest BCUT2D eigenvalue weighted by atomic mass is 35.5. The molecule has 0 aliphatic heterocycles. The summed E-state index contributed by atoms with van der Waals surface area (Å²) < 4.78 is 69.9. The average Bonchev–Trinajstić information content (AvgIpc) is 2.57. The number of esters is 1. The molecule has 0 saturated carbocycles. The molecule has 0 spiro atoms. The monoisotopic (exact) mass is 427 g/mol. The zero-order chi connectivity index (χ0) is 19.5. The molecule has 0 fully saturated rings. The summed E-state index contributed by atoms with van der Waals surface area (Å²) in [7, 11) is -4.60. The van der Waals surface area contributed by atoms with E-state index < -0.39 is 44.9 Å². The van der Waals surface area contributed by atoms with Gasteiger partial charge in [0.05, 0.1) is 0 Å². The van der Waals surface area contributed by atoms with Crippen LogP contribution in [0.2, 0.25) is 10.0 Å². The number of benzene rings is 2. The number of rotatable bonds is 6. The normalized spacial score (nSPS) is 11.4. The predicted octanol–water partition coefficient (Wildman–Crippen LogP) is 3.43. The molecule has 0 unspecified atom stereocenters. The number of carbonyl (C=O) groups is 1. The van der Waals surface area contributed by atoms with E-state index in [9.17, 15) is 26.4 Å². The number of carbonyl (C=O) groups excluding carboxylic acids is 1. The molecule has 0 saturated heterocycles. The maximum absolute atomic E-state index is 13.6. The van der Waals surface area contributed by atoms with Crippen molar-refractivity contribution in [2.24, 2.45) is 0 Å². The Bertz CT molecular complexity index is 954. The van der Waals surface area contributed by atoms with Crippen LogP contribution in [0.5, 0.6) is 0 Å². The molecule has 0 amide bonds. The van der Waals surface area contributed by atoms with Crippen molar-refractivity contribution >= 4 is 39.2 Å². The van der Waals surface area contributed by atoms with E-state index in [0.29, 0.717) is 22.7 Å². The van der Waals surface area contributed by atoms with Gasteiger partial charge in [0.1, 0.15) is 18.0 Å². The van der Waals surface area contributed by atoms with Crippen LogP contribution in [-0.4, -0.2) is 20.9 Å². The lowest BCUT2D eigenvalue weighted by Crippen LogP contribution is -2.31. The number of ether oxygens (including phenoxy) is 1. The van der Waals surface area contributed by atoms with Crippen molar-refractivity contribution in [2.45, 2.75) is 11.5 Å². The number of halogens is 5. The summed E-state index contributed by atoms with van der Waals surface area (Å²) in [4.78, 5) is 10.5. The lowest BCUT2D eigenvalue weighted by Gasteiger charge is -2.09. The van der Waals surface area contributed by atoms with Crippen molar-refractivity contribution in [2.75, 3.05) is 6.54 Å². The van der Waals surface area contributed by atoms with E-state index in [4.69, 9.17) is 27.9 Å². The van der Waals surface area contributed by atoms with E-state index in [2.05, 4.69) is 0 Å². The molecule has 2 rings (SSSR count). The Kier molecular flexibility index (Phi) is 6.51. The molecule has 0 aliphatic carbocycles. The second-order valence-corrected chi connectivity index (χ2v) is 7.47. The van der Waals surface area contributed by atoms with E-state index in [1.165, 1.54) is 18.2 Å². The molecule has 2 aromatic carbocycles. The van der Waals surface area contributed by atoms with Crippen LogP contribution in [0, 0.1) is 17.5 Å². The van der Waals surface area contributed by atoms with Crippen molar-refractivity contribution < 1.29 is 31.1 Å². The van der Waals surface area contributed by atoms with Crippen LogP contribution in [0.1, 0.15) is 5.56 Å². The van der Waals surface area contributed by atoms with E-state index in [1.54, 1.807) is 4.72 Å². The summed E-state index contributed by atoms with van der Waals surface area (Å²) in [5.41, 5.74) is 0.430. The van der Waals surface area contributed by atoms with Gasteiger partial charge in [-0.3, -0.25) is 4.79 Å². The third-order valence-corrected chi connectivity index (χ3v) is 5.11. The van der Waals surface area contributed by atoms with Gasteiger partial charge >= 0.3 is 5.97 Å². The first-order valence-corrected chi connectivity index (χ1v) is 9.08. The summed E-state index contributed by atoms with van der Waals surface area (Å²) in [6.45, 7) is -1.11. The number of sulfonamides is 1. The summed E-state index contributed by atoms with van der Waals surface area (Å²) in [6, 6.07) is 5.45. The fourth-order valence-electron chi connectivity index (χ4n) is 1.80. The van der Waals surface area contributed by atoms with Crippen molar-refractivity contribution in [3.63, 3.8) is 0 Å². The molecule has 0 radical (unpaired) electrons. The first-order chi connectivity index (χ1) is 12.1. The fourth-order valence-corrected chi connectivity index (χ4v) is 3.29. The highest BCUT2D eigenvalue weighted by Crippen LogP contribution is 2.22. The van der Waals surface area contributed by atoms with Crippen LogP contribution in [0.15, 0.2) is 35.2 Å². The molecule has 26 heavy (non-hydrogen) atoms. The Labute approximate surface area is 156 Å². The zero-order valence-electron chi connectivity index (χ0n) is 12.7. The Morgan fingerprint density at radius 2 is 1.77 bits per heavy atom. The molecule has 5 nitrogen and oxygen atoms in total. The number of hydrogen-bond acceptors (Lipinski definition) is 4. The van der Waals surface area contributed by atoms with Gasteiger partial charge in [-0.1, -0.05) is 29.3 Å². The first-order valence-electron chi connectivity index (χ1n) is 6.84. The smallest absolute Gasteiger partial charge is 0.321 e. The average molecular weight is 428 g/mol. The quantitative estimate of drug-likeness (QED) is 0.566. The van der Waals surface area contributed by atoms with E-state index in [-0.39, 0.29) is 11.6 Å². The van der Waals surface area contributed by atoms with Gasteiger partial charge in [0.2, 0.25) is 10.0 Å². The highest BCUT2D eigenvalue weighted by molar-refractivity contribution is 7.89. The lowest BCUT2D eigenvalue weighted by atomic mass is 10.2. The summed E-state index contributed by atoms with van der Waals surface area (Å²) >= 11 is 11.6. The van der Waals surface area contributed by atoms with Crippen LogP contribution < -0.4 is 4.72 Å². The molecule has 2 aromatic rings.